The molecule has 0 rings (SSSR count). The van der Waals surface area contributed by atoms with E-state index in [4.69, 9.17) is 13.8 Å². The molecule has 0 saturated carbocycles. The van der Waals surface area contributed by atoms with Crippen molar-refractivity contribution in [3.63, 3.8) is 0 Å². The average Bonchev–Trinajstić information content (AvgIpc) is 2.43. The maximum atomic E-state index is 11.7. The van der Waals surface area contributed by atoms with Crippen LogP contribution in [0.4, 0.5) is 0 Å². The standard InChI is InChI=1S/C13H28NO6P/c1-5-14(6-2,7-3)9-12-20-21(16,17)19-11-8-10-18-13(4)15/h5-12H2,1-4H3/p+1. The predicted octanol–water partition coefficient (Wildman–Crippen LogP) is 1.95. The van der Waals surface area contributed by atoms with Gasteiger partial charge in [0, 0.05) is 13.3 Å². The lowest BCUT2D eigenvalue weighted by Crippen LogP contribution is -2.49. The van der Waals surface area contributed by atoms with Crippen LogP contribution in [-0.4, -0.2) is 61.3 Å². The van der Waals surface area contributed by atoms with Crippen molar-refractivity contribution >= 4 is 13.8 Å². The number of quaternary nitrogens is 1. The molecule has 7 nitrogen and oxygen atoms in total. The molecule has 0 heterocycles. The van der Waals surface area contributed by atoms with Crippen LogP contribution >= 0.6 is 7.82 Å². The van der Waals surface area contributed by atoms with Crippen molar-refractivity contribution in [2.24, 2.45) is 0 Å². The third-order valence-corrected chi connectivity index (χ3v) is 4.70. The van der Waals surface area contributed by atoms with E-state index in [1.807, 2.05) is 0 Å². The zero-order valence-electron chi connectivity index (χ0n) is 13.5. The molecule has 0 bridgehead atoms. The fourth-order valence-electron chi connectivity index (χ4n) is 1.99. The molecular weight excluding hydrogens is 297 g/mol. The summed E-state index contributed by atoms with van der Waals surface area (Å²) in [5.74, 6) is -0.383. The van der Waals surface area contributed by atoms with Crippen LogP contribution in [0.1, 0.15) is 34.1 Å². The number of rotatable bonds is 12. The third-order valence-electron chi connectivity index (χ3n) is 3.68. The minimum atomic E-state index is -4.02. The van der Waals surface area contributed by atoms with Crippen molar-refractivity contribution < 1.29 is 32.5 Å². The van der Waals surface area contributed by atoms with Crippen LogP contribution < -0.4 is 0 Å². The molecule has 0 radical (unpaired) electrons. The highest BCUT2D eigenvalue weighted by molar-refractivity contribution is 7.47. The number of carbonyl (C=O) groups is 1. The summed E-state index contributed by atoms with van der Waals surface area (Å²) in [4.78, 5) is 20.1. The monoisotopic (exact) mass is 326 g/mol. The Bertz CT molecular complexity index is 337. The zero-order valence-corrected chi connectivity index (χ0v) is 14.4. The molecule has 0 spiro atoms. The van der Waals surface area contributed by atoms with E-state index in [0.717, 1.165) is 24.1 Å². The topological polar surface area (TPSA) is 82.1 Å². The van der Waals surface area contributed by atoms with Gasteiger partial charge in [-0.05, 0) is 20.8 Å². The van der Waals surface area contributed by atoms with Gasteiger partial charge in [0.2, 0.25) is 0 Å². The first-order valence-electron chi connectivity index (χ1n) is 7.41. The first-order chi connectivity index (χ1) is 9.81. The highest BCUT2D eigenvalue weighted by Crippen LogP contribution is 2.43. The van der Waals surface area contributed by atoms with Crippen LogP contribution in [0.5, 0.6) is 0 Å². The SMILES string of the molecule is CC[N+](CC)(CC)CCOP(=O)(O)OCCCOC(C)=O. The molecule has 1 atom stereocenters. The van der Waals surface area contributed by atoms with Gasteiger partial charge in [-0.25, -0.2) is 4.57 Å². The third kappa shape index (κ3) is 9.22. The summed E-state index contributed by atoms with van der Waals surface area (Å²) in [5, 5.41) is 0. The molecule has 0 aliphatic heterocycles. The molecule has 0 saturated heterocycles. The summed E-state index contributed by atoms with van der Waals surface area (Å²) in [6.07, 6.45) is 0.354. The minimum absolute atomic E-state index is 0.0103. The summed E-state index contributed by atoms with van der Waals surface area (Å²) >= 11 is 0. The normalized spacial score (nSPS) is 14.7. The van der Waals surface area contributed by atoms with Crippen molar-refractivity contribution in [2.75, 3.05) is 46.0 Å². The van der Waals surface area contributed by atoms with E-state index in [9.17, 15) is 14.3 Å². The van der Waals surface area contributed by atoms with E-state index in [-0.39, 0.29) is 25.8 Å². The van der Waals surface area contributed by atoms with Gasteiger partial charge in [-0.15, -0.1) is 0 Å². The van der Waals surface area contributed by atoms with Crippen molar-refractivity contribution in [1.29, 1.82) is 0 Å². The Morgan fingerprint density at radius 3 is 2.05 bits per heavy atom. The lowest BCUT2D eigenvalue weighted by atomic mass is 10.3. The minimum Gasteiger partial charge on any atom is -0.466 e. The van der Waals surface area contributed by atoms with Gasteiger partial charge in [-0.3, -0.25) is 13.8 Å². The number of nitrogens with zero attached hydrogens (tertiary/aromatic N) is 1. The number of likely N-dealkylation sites (N-methyl/N-ethyl adjacent to an activating group) is 1. The van der Waals surface area contributed by atoms with Gasteiger partial charge in [-0.1, -0.05) is 0 Å². The van der Waals surface area contributed by atoms with E-state index < -0.39 is 7.82 Å². The summed E-state index contributed by atoms with van der Waals surface area (Å²) in [5.41, 5.74) is 0. The molecule has 0 aromatic rings. The Morgan fingerprint density at radius 2 is 1.57 bits per heavy atom. The number of phosphoric acid groups is 1. The number of hydrogen-bond donors (Lipinski definition) is 1. The highest BCUT2D eigenvalue weighted by Gasteiger charge is 2.25. The van der Waals surface area contributed by atoms with Gasteiger partial charge < -0.3 is 14.1 Å². The van der Waals surface area contributed by atoms with Crippen LogP contribution in [0, 0.1) is 0 Å². The molecule has 0 fully saturated rings. The second-order valence-corrected chi connectivity index (χ2v) is 6.30. The van der Waals surface area contributed by atoms with Crippen LogP contribution in [-0.2, 0) is 23.1 Å². The van der Waals surface area contributed by atoms with E-state index in [1.54, 1.807) is 0 Å². The smallest absolute Gasteiger partial charge is 0.466 e. The van der Waals surface area contributed by atoms with Gasteiger partial charge in [0.1, 0.15) is 13.2 Å². The van der Waals surface area contributed by atoms with Gasteiger partial charge in [0.05, 0.1) is 32.8 Å². The van der Waals surface area contributed by atoms with E-state index >= 15 is 0 Å². The maximum Gasteiger partial charge on any atom is 0.472 e. The lowest BCUT2D eigenvalue weighted by molar-refractivity contribution is -0.923. The average molecular weight is 326 g/mol. The van der Waals surface area contributed by atoms with Crippen LogP contribution in [0.3, 0.4) is 0 Å². The van der Waals surface area contributed by atoms with Crippen molar-refractivity contribution in [1.82, 2.24) is 0 Å². The molecule has 8 heteroatoms. The van der Waals surface area contributed by atoms with Crippen LogP contribution in [0.25, 0.3) is 0 Å². The summed E-state index contributed by atoms with van der Waals surface area (Å²) in [6, 6.07) is 0. The molecule has 21 heavy (non-hydrogen) atoms. The molecule has 1 unspecified atom stereocenters. The van der Waals surface area contributed by atoms with Gasteiger partial charge in [0.15, 0.2) is 0 Å². The van der Waals surface area contributed by atoms with E-state index in [0.29, 0.717) is 13.0 Å². The van der Waals surface area contributed by atoms with Crippen LogP contribution in [0.15, 0.2) is 0 Å². The molecule has 1 N–H and O–H groups in total. The molecule has 0 aliphatic rings. The van der Waals surface area contributed by atoms with Crippen molar-refractivity contribution in [2.45, 2.75) is 34.1 Å². The number of ether oxygens (including phenoxy) is 1. The zero-order chi connectivity index (χ0) is 16.4. The second-order valence-electron chi connectivity index (χ2n) is 4.84. The first-order valence-corrected chi connectivity index (χ1v) is 8.90. The van der Waals surface area contributed by atoms with Gasteiger partial charge >= 0.3 is 13.8 Å². The number of esters is 1. The van der Waals surface area contributed by atoms with Gasteiger partial charge in [0.25, 0.3) is 0 Å². The quantitative estimate of drug-likeness (QED) is 0.255. The number of hydrogen-bond acceptors (Lipinski definition) is 5. The predicted molar refractivity (Wildman–Crippen MR) is 79.7 cm³/mol. The molecular formula is C13H29NO6P+. The largest absolute Gasteiger partial charge is 0.472 e. The second kappa shape index (κ2) is 10.3. The highest BCUT2D eigenvalue weighted by atomic mass is 31.2. The lowest BCUT2D eigenvalue weighted by Gasteiger charge is -2.35. The Morgan fingerprint density at radius 1 is 1.05 bits per heavy atom. The number of phosphoric ester groups is 1. The summed E-state index contributed by atoms with van der Waals surface area (Å²) in [6.45, 7) is 11.5. The van der Waals surface area contributed by atoms with Crippen molar-refractivity contribution in [3.8, 4) is 0 Å². The Kier molecular flexibility index (Phi) is 10.1. The Hall–Kier alpha value is -0.460. The number of carbonyl (C=O) groups excluding carboxylic acids is 1. The van der Waals surface area contributed by atoms with E-state index in [1.165, 1.54) is 6.92 Å². The molecule has 126 valence electrons. The van der Waals surface area contributed by atoms with E-state index in [2.05, 4.69) is 20.8 Å². The molecule has 0 aromatic carbocycles. The van der Waals surface area contributed by atoms with Crippen LogP contribution in [0.2, 0.25) is 0 Å². The summed E-state index contributed by atoms with van der Waals surface area (Å²) < 4.78 is 27.0. The molecule has 0 amide bonds. The molecule has 0 aromatic heterocycles. The fraction of sp³-hybridized carbons (Fsp3) is 0.923. The Labute approximate surface area is 127 Å². The van der Waals surface area contributed by atoms with Crippen molar-refractivity contribution in [3.05, 3.63) is 0 Å². The molecule has 0 aliphatic carbocycles. The summed E-state index contributed by atoms with van der Waals surface area (Å²) in [7, 11) is -4.02. The fourth-order valence-corrected chi connectivity index (χ4v) is 2.73. The Balaban J connectivity index is 3.96. The maximum absolute atomic E-state index is 11.7. The first kappa shape index (κ1) is 20.5. The van der Waals surface area contributed by atoms with Gasteiger partial charge in [-0.2, -0.15) is 0 Å².